The van der Waals surface area contributed by atoms with Crippen molar-refractivity contribution in [3.05, 3.63) is 167 Å². The number of rotatable bonds is 10. The number of allylic oxidation sites excluding steroid dienone is 2. The third-order valence-electron chi connectivity index (χ3n) is 12.2. The molecule has 10 rings (SSSR count). The van der Waals surface area contributed by atoms with Gasteiger partial charge in [0.05, 0.1) is 69.6 Å². The van der Waals surface area contributed by atoms with E-state index in [0.717, 1.165) is 82.2 Å². The molecule has 0 spiro atoms. The van der Waals surface area contributed by atoms with Crippen molar-refractivity contribution < 1.29 is 37.3 Å². The first-order valence-corrected chi connectivity index (χ1v) is 22.7. The van der Waals surface area contributed by atoms with Gasteiger partial charge in [-0.05, 0) is 147 Å². The fourth-order valence-corrected chi connectivity index (χ4v) is 8.94. The molecular weight excluding hydrogens is 895 g/mol. The van der Waals surface area contributed by atoms with Crippen molar-refractivity contribution in [2.45, 2.75) is 52.6 Å². The van der Waals surface area contributed by atoms with Crippen LogP contribution >= 0.6 is 0 Å². The van der Waals surface area contributed by atoms with E-state index in [1.165, 1.54) is 38.5 Å². The van der Waals surface area contributed by atoms with Gasteiger partial charge in [-0.1, -0.05) is 12.1 Å². The number of hydrogen-bond donors (Lipinski definition) is 0. The van der Waals surface area contributed by atoms with Crippen LogP contribution in [0.5, 0.6) is 11.5 Å². The van der Waals surface area contributed by atoms with Gasteiger partial charge >= 0.3 is 11.9 Å². The Hall–Kier alpha value is -8.40. The van der Waals surface area contributed by atoms with E-state index in [1.807, 2.05) is 80.9 Å². The Morgan fingerprint density at radius 1 is 0.600 bits per heavy atom. The minimum absolute atomic E-state index is 0.227. The van der Waals surface area contributed by atoms with Gasteiger partial charge in [0.2, 0.25) is 0 Å². The van der Waals surface area contributed by atoms with Gasteiger partial charge in [0.1, 0.15) is 40.5 Å². The molecule has 0 N–H and O–H groups in total. The zero-order valence-corrected chi connectivity index (χ0v) is 39.6. The molecule has 0 bridgehead atoms. The van der Waals surface area contributed by atoms with Crippen LogP contribution in [0, 0.1) is 25.5 Å². The quantitative estimate of drug-likeness (QED) is 0.122. The van der Waals surface area contributed by atoms with E-state index in [2.05, 4.69) is 22.1 Å². The average Bonchev–Trinajstić information content (AvgIpc) is 4.20. The molecule has 0 radical (unpaired) electrons. The lowest BCUT2D eigenvalue weighted by atomic mass is 10.0. The molecular formula is C54H50F2N8O6. The zero-order valence-electron chi connectivity index (χ0n) is 39.6. The third-order valence-corrected chi connectivity index (χ3v) is 12.2. The number of nitrogens with zero attached hydrogens (tertiary/aromatic N) is 8. The van der Waals surface area contributed by atoms with Gasteiger partial charge < -0.3 is 37.2 Å². The van der Waals surface area contributed by atoms with Gasteiger partial charge in [0, 0.05) is 36.6 Å². The van der Waals surface area contributed by atoms with E-state index in [4.69, 9.17) is 28.9 Å². The van der Waals surface area contributed by atoms with Gasteiger partial charge in [-0.15, -0.1) is 0 Å². The fraction of sp³-hybridized carbons (Fsp3) is 0.222. The van der Waals surface area contributed by atoms with Crippen molar-refractivity contribution in [3.8, 4) is 45.4 Å². The molecule has 70 heavy (non-hydrogen) atoms. The summed E-state index contributed by atoms with van der Waals surface area (Å²) in [5, 5.41) is 0. The molecule has 16 heteroatoms. The molecule has 2 aliphatic heterocycles. The van der Waals surface area contributed by atoms with E-state index in [1.54, 1.807) is 51.1 Å². The molecule has 8 aromatic rings. The summed E-state index contributed by atoms with van der Waals surface area (Å²) < 4.78 is 56.2. The Balaban J connectivity index is 0.000000174. The number of esters is 2. The van der Waals surface area contributed by atoms with E-state index in [-0.39, 0.29) is 17.3 Å². The monoisotopic (exact) mass is 944 g/mol. The van der Waals surface area contributed by atoms with Gasteiger partial charge in [-0.2, -0.15) is 0 Å². The van der Waals surface area contributed by atoms with Crippen molar-refractivity contribution in [1.82, 2.24) is 38.2 Å². The van der Waals surface area contributed by atoms with Gasteiger partial charge in [-0.25, -0.2) is 38.3 Å². The van der Waals surface area contributed by atoms with Gasteiger partial charge in [-0.3, -0.25) is 0 Å². The van der Waals surface area contributed by atoms with Crippen molar-refractivity contribution in [2.24, 2.45) is 0 Å². The van der Waals surface area contributed by atoms with Crippen LogP contribution in [0.2, 0.25) is 0 Å². The van der Waals surface area contributed by atoms with Crippen molar-refractivity contribution >= 4 is 35.2 Å². The maximum absolute atomic E-state index is 13.6. The molecule has 6 heterocycles. The topological polar surface area (TPSA) is 142 Å². The fourth-order valence-electron chi connectivity index (χ4n) is 8.94. The first kappa shape index (κ1) is 46.7. The lowest BCUT2D eigenvalue weighted by Crippen LogP contribution is -2.16. The number of carbonyl (C=O) groups excluding carboxylic acids is 2. The molecule has 14 nitrogen and oxygen atoms in total. The average molecular weight is 945 g/mol. The molecule has 0 saturated carbocycles. The van der Waals surface area contributed by atoms with E-state index >= 15 is 0 Å². The van der Waals surface area contributed by atoms with Gasteiger partial charge in [0.15, 0.2) is 11.4 Å². The highest BCUT2D eigenvalue weighted by Gasteiger charge is 2.30. The Morgan fingerprint density at radius 2 is 1.09 bits per heavy atom. The number of aromatic nitrogens is 8. The first-order valence-electron chi connectivity index (χ1n) is 22.7. The zero-order chi connectivity index (χ0) is 49.1. The summed E-state index contributed by atoms with van der Waals surface area (Å²) >= 11 is 0. The molecule has 0 fully saturated rings. The largest absolute Gasteiger partial charge is 0.495 e. The van der Waals surface area contributed by atoms with E-state index in [9.17, 15) is 18.4 Å². The molecule has 2 aliphatic rings. The van der Waals surface area contributed by atoms with Gasteiger partial charge in [0.25, 0.3) is 0 Å². The summed E-state index contributed by atoms with van der Waals surface area (Å²) in [4.78, 5) is 43.4. The molecule has 0 atom stereocenters. The smallest absolute Gasteiger partial charge is 0.358 e. The number of aryl methyl sites for hydroxylation is 2. The van der Waals surface area contributed by atoms with Crippen LogP contribution in [0.3, 0.4) is 0 Å². The SMILES string of the molecule is COC(=O)c1c(-c2ccc(F)cc2)nc2n1CCC/C2=C\c1ccc(-n2cnc(C)c2)c(OC)c1.COC(=O)c1nc2n(c1-c1ccc(F)cc1)CCC/C2=C\c1ccc(-n2cnc(C)c2)c(OC)c1. The number of halogens is 2. The minimum atomic E-state index is -0.521. The summed E-state index contributed by atoms with van der Waals surface area (Å²) in [7, 11) is 5.97. The minimum Gasteiger partial charge on any atom is -0.495 e. The second-order valence-electron chi connectivity index (χ2n) is 16.8. The lowest BCUT2D eigenvalue weighted by molar-refractivity contribution is 0.0582. The number of fused-ring (bicyclic) bond motifs is 2. The number of imidazole rings is 4. The summed E-state index contributed by atoms with van der Waals surface area (Å²) in [6.45, 7) is 5.23. The van der Waals surface area contributed by atoms with Crippen LogP contribution in [0.1, 0.15) is 80.8 Å². The van der Waals surface area contributed by atoms with Crippen LogP contribution < -0.4 is 9.47 Å². The molecule has 0 amide bonds. The number of hydrogen-bond acceptors (Lipinski definition) is 10. The van der Waals surface area contributed by atoms with Crippen LogP contribution in [0.25, 0.3) is 57.2 Å². The summed E-state index contributed by atoms with van der Waals surface area (Å²) in [5.41, 5.74) is 10.7. The third kappa shape index (κ3) is 9.39. The molecule has 0 aliphatic carbocycles. The van der Waals surface area contributed by atoms with E-state index < -0.39 is 11.9 Å². The summed E-state index contributed by atoms with van der Waals surface area (Å²) in [5.74, 6) is 1.19. The van der Waals surface area contributed by atoms with Crippen molar-refractivity contribution in [3.63, 3.8) is 0 Å². The number of benzene rings is 4. The lowest BCUT2D eigenvalue weighted by Gasteiger charge is -2.20. The highest BCUT2D eigenvalue weighted by molar-refractivity contribution is 5.97. The predicted molar refractivity (Wildman–Crippen MR) is 262 cm³/mol. The molecule has 0 saturated heterocycles. The van der Waals surface area contributed by atoms with E-state index in [0.29, 0.717) is 52.9 Å². The molecule has 4 aromatic carbocycles. The standard InChI is InChI=1S/2C27H25FN4O3/c1-17-15-31(16-29-17)22-11-6-18(14-23(22)34-2)13-20-5-4-12-32-25(19-7-9-21(28)10-8-19)24(27(33)35-3)30-26(20)32;1-17-15-31(16-29-17)22-11-6-18(14-23(22)34-2)13-20-5-4-12-32-25(27(33)35-3)24(30-26(20)32)19-7-9-21(28)10-8-19/h2*6-11,13-16H,4-5,12H2,1-3H3/b2*20-13+. The second-order valence-corrected chi connectivity index (χ2v) is 16.8. The van der Waals surface area contributed by atoms with Crippen molar-refractivity contribution in [1.29, 1.82) is 0 Å². The van der Waals surface area contributed by atoms with Crippen LogP contribution in [0.4, 0.5) is 8.78 Å². The number of ether oxygens (including phenoxy) is 4. The Kier molecular flexibility index (Phi) is 13.4. The summed E-state index contributed by atoms with van der Waals surface area (Å²) in [6.07, 6.45) is 14.9. The normalized spacial score (nSPS) is 14.1. The highest BCUT2D eigenvalue weighted by Crippen LogP contribution is 2.38. The first-order chi connectivity index (χ1) is 34.0. The van der Waals surface area contributed by atoms with Crippen LogP contribution in [-0.2, 0) is 22.6 Å². The number of methoxy groups -OCH3 is 4. The van der Waals surface area contributed by atoms with Crippen LogP contribution in [-0.4, -0.2) is 78.6 Å². The second kappa shape index (κ2) is 20.1. The Labute approximate surface area is 403 Å². The number of carbonyl (C=O) groups is 2. The maximum Gasteiger partial charge on any atom is 0.358 e. The van der Waals surface area contributed by atoms with Crippen molar-refractivity contribution in [2.75, 3.05) is 28.4 Å². The molecule has 4 aromatic heterocycles. The van der Waals surface area contributed by atoms with Crippen LogP contribution in [0.15, 0.2) is 110 Å². The molecule has 0 unspecified atom stereocenters. The summed E-state index contributed by atoms with van der Waals surface area (Å²) in [6, 6.07) is 24.0. The predicted octanol–water partition coefficient (Wildman–Crippen LogP) is 10.6. The highest BCUT2D eigenvalue weighted by atomic mass is 19.1. The molecule has 356 valence electrons. The Morgan fingerprint density at radius 3 is 1.56 bits per heavy atom. The maximum atomic E-state index is 13.6. The Bertz CT molecular complexity index is 3200.